The van der Waals surface area contributed by atoms with Crippen molar-refractivity contribution in [3.8, 4) is 0 Å². The lowest BCUT2D eigenvalue weighted by atomic mass is 10.2. The minimum atomic E-state index is 0.0490. The van der Waals surface area contributed by atoms with Crippen LogP contribution < -0.4 is 5.32 Å². The van der Waals surface area contributed by atoms with Crippen LogP contribution in [0, 0.1) is 0 Å². The van der Waals surface area contributed by atoms with E-state index in [1.165, 1.54) is 0 Å². The summed E-state index contributed by atoms with van der Waals surface area (Å²) in [6.07, 6.45) is 1.05. The fourth-order valence-electron chi connectivity index (χ4n) is 1.62. The van der Waals surface area contributed by atoms with Crippen molar-refractivity contribution in [3.63, 3.8) is 0 Å². The Balaban J connectivity index is 2.48. The molecule has 70 valence electrons. The predicted octanol–water partition coefficient (Wildman–Crippen LogP) is 0.436. The molecular weight excluding hydrogens is 176 g/mol. The maximum Gasteiger partial charge on any atom is 0.237 e. The Morgan fingerprint density at radius 3 is 2.92 bits per heavy atom. The van der Waals surface area contributed by atoms with Gasteiger partial charge in [-0.3, -0.25) is 4.79 Å². The summed E-state index contributed by atoms with van der Waals surface area (Å²) < 4.78 is 0. The van der Waals surface area contributed by atoms with Crippen LogP contribution in [0.1, 0.15) is 13.3 Å². The van der Waals surface area contributed by atoms with E-state index < -0.39 is 0 Å². The molecule has 1 N–H and O–H groups in total. The standard InChI is InChI=1S/C8H15ClN2O/c1-2-11(8(12)5-9)7-3-4-10-6-7/h7,10H,2-6H2,1H3. The topological polar surface area (TPSA) is 32.3 Å². The normalized spacial score (nSPS) is 22.7. The smallest absolute Gasteiger partial charge is 0.237 e. The van der Waals surface area contributed by atoms with Gasteiger partial charge >= 0.3 is 0 Å². The molecule has 4 heteroatoms. The first-order valence-electron chi connectivity index (χ1n) is 4.35. The van der Waals surface area contributed by atoms with Gasteiger partial charge < -0.3 is 10.2 Å². The molecule has 3 nitrogen and oxygen atoms in total. The Morgan fingerprint density at radius 1 is 1.75 bits per heavy atom. The summed E-state index contributed by atoms with van der Waals surface area (Å²) in [6, 6.07) is 0.362. The molecule has 0 aromatic rings. The van der Waals surface area contributed by atoms with Crippen LogP contribution in [0.2, 0.25) is 0 Å². The van der Waals surface area contributed by atoms with Gasteiger partial charge in [-0.1, -0.05) is 0 Å². The first-order chi connectivity index (χ1) is 5.79. The molecule has 0 radical (unpaired) electrons. The number of halogens is 1. The summed E-state index contributed by atoms with van der Waals surface area (Å²) in [6.45, 7) is 4.67. The molecule has 0 spiro atoms. The maximum absolute atomic E-state index is 11.3. The number of nitrogens with one attached hydrogen (secondary N) is 1. The van der Waals surface area contributed by atoms with E-state index in [0.717, 1.165) is 26.1 Å². The maximum atomic E-state index is 11.3. The molecule has 1 heterocycles. The lowest BCUT2D eigenvalue weighted by Gasteiger charge is -2.26. The number of nitrogens with zero attached hydrogens (tertiary/aromatic N) is 1. The molecule has 0 aromatic heterocycles. The average Bonchev–Trinajstić information content (AvgIpc) is 2.58. The molecule has 0 aromatic carbocycles. The van der Waals surface area contributed by atoms with E-state index in [0.29, 0.717) is 6.04 Å². The summed E-state index contributed by atoms with van der Waals surface area (Å²) in [5, 5.41) is 3.23. The number of alkyl halides is 1. The van der Waals surface area contributed by atoms with Crippen molar-refractivity contribution in [1.29, 1.82) is 0 Å². The third-order valence-electron chi connectivity index (χ3n) is 2.25. The fourth-order valence-corrected chi connectivity index (χ4v) is 1.77. The predicted molar refractivity (Wildman–Crippen MR) is 49.4 cm³/mol. The van der Waals surface area contributed by atoms with Crippen molar-refractivity contribution >= 4 is 17.5 Å². The second kappa shape index (κ2) is 4.67. The zero-order chi connectivity index (χ0) is 8.97. The molecule has 1 atom stereocenters. The summed E-state index contributed by atoms with van der Waals surface area (Å²) in [7, 11) is 0. The Hall–Kier alpha value is -0.280. The molecule has 12 heavy (non-hydrogen) atoms. The Kier molecular flexibility index (Phi) is 3.82. The van der Waals surface area contributed by atoms with Crippen LogP contribution in [0.4, 0.5) is 0 Å². The highest BCUT2D eigenvalue weighted by molar-refractivity contribution is 6.27. The first kappa shape index (κ1) is 9.81. The van der Waals surface area contributed by atoms with Gasteiger partial charge in [-0.15, -0.1) is 11.6 Å². The molecule has 1 amide bonds. The number of hydrogen-bond acceptors (Lipinski definition) is 2. The van der Waals surface area contributed by atoms with E-state index in [4.69, 9.17) is 11.6 Å². The number of rotatable bonds is 3. The molecule has 1 aliphatic rings. The van der Waals surface area contributed by atoms with Crippen molar-refractivity contribution in [2.24, 2.45) is 0 Å². The lowest BCUT2D eigenvalue weighted by Crippen LogP contribution is -2.42. The van der Waals surface area contributed by atoms with Crippen LogP contribution >= 0.6 is 11.6 Å². The average molecular weight is 191 g/mol. The minimum Gasteiger partial charge on any atom is -0.338 e. The van der Waals surface area contributed by atoms with Gasteiger partial charge in [0.1, 0.15) is 5.88 Å². The highest BCUT2D eigenvalue weighted by Crippen LogP contribution is 2.08. The van der Waals surface area contributed by atoms with Crippen LogP contribution in [0.5, 0.6) is 0 Å². The summed E-state index contributed by atoms with van der Waals surface area (Å²) >= 11 is 5.49. The number of hydrogen-bond donors (Lipinski definition) is 1. The summed E-state index contributed by atoms with van der Waals surface area (Å²) in [5.74, 6) is 0.150. The SMILES string of the molecule is CCN(C(=O)CCl)C1CCNC1. The Bertz CT molecular complexity index is 157. The zero-order valence-electron chi connectivity index (χ0n) is 7.35. The van der Waals surface area contributed by atoms with E-state index >= 15 is 0 Å². The second-order valence-corrected chi connectivity index (χ2v) is 3.23. The first-order valence-corrected chi connectivity index (χ1v) is 4.89. The Morgan fingerprint density at radius 2 is 2.50 bits per heavy atom. The number of carbonyl (C=O) groups excluding carboxylic acids is 1. The second-order valence-electron chi connectivity index (χ2n) is 2.96. The van der Waals surface area contributed by atoms with Crippen molar-refractivity contribution in [3.05, 3.63) is 0 Å². The molecule has 1 unspecified atom stereocenters. The van der Waals surface area contributed by atoms with Crippen LogP contribution in [0.3, 0.4) is 0 Å². The van der Waals surface area contributed by atoms with Crippen molar-refractivity contribution in [1.82, 2.24) is 10.2 Å². The third-order valence-corrected chi connectivity index (χ3v) is 2.48. The molecule has 1 fully saturated rings. The quantitative estimate of drug-likeness (QED) is 0.655. The van der Waals surface area contributed by atoms with Crippen LogP contribution in [0.25, 0.3) is 0 Å². The van der Waals surface area contributed by atoms with E-state index in [-0.39, 0.29) is 11.8 Å². The van der Waals surface area contributed by atoms with Gasteiger partial charge in [0.15, 0.2) is 0 Å². The highest BCUT2D eigenvalue weighted by atomic mass is 35.5. The van der Waals surface area contributed by atoms with E-state index in [1.807, 2.05) is 11.8 Å². The van der Waals surface area contributed by atoms with Gasteiger partial charge in [0.05, 0.1) is 0 Å². The lowest BCUT2D eigenvalue weighted by molar-refractivity contribution is -0.130. The number of likely N-dealkylation sites (N-methyl/N-ethyl adjacent to an activating group) is 1. The van der Waals surface area contributed by atoms with Crippen LogP contribution in [-0.2, 0) is 4.79 Å². The van der Waals surface area contributed by atoms with E-state index in [9.17, 15) is 4.79 Å². The Labute approximate surface area is 78.1 Å². The van der Waals surface area contributed by atoms with Gasteiger partial charge in [-0.25, -0.2) is 0 Å². The minimum absolute atomic E-state index is 0.0490. The summed E-state index contributed by atoms with van der Waals surface area (Å²) in [4.78, 5) is 13.2. The molecule has 1 rings (SSSR count). The summed E-state index contributed by atoms with van der Waals surface area (Å²) in [5.41, 5.74) is 0. The van der Waals surface area contributed by atoms with Gasteiger partial charge in [-0.2, -0.15) is 0 Å². The van der Waals surface area contributed by atoms with Crippen molar-refractivity contribution < 1.29 is 4.79 Å². The van der Waals surface area contributed by atoms with Crippen molar-refractivity contribution in [2.75, 3.05) is 25.5 Å². The zero-order valence-corrected chi connectivity index (χ0v) is 8.10. The van der Waals surface area contributed by atoms with Gasteiger partial charge in [0, 0.05) is 19.1 Å². The largest absolute Gasteiger partial charge is 0.338 e. The highest BCUT2D eigenvalue weighted by Gasteiger charge is 2.24. The number of carbonyl (C=O) groups is 1. The molecule has 0 bridgehead atoms. The van der Waals surface area contributed by atoms with Gasteiger partial charge in [0.25, 0.3) is 0 Å². The van der Waals surface area contributed by atoms with Gasteiger partial charge in [0.2, 0.25) is 5.91 Å². The van der Waals surface area contributed by atoms with E-state index in [2.05, 4.69) is 5.32 Å². The molecule has 0 saturated carbocycles. The van der Waals surface area contributed by atoms with Crippen molar-refractivity contribution in [2.45, 2.75) is 19.4 Å². The van der Waals surface area contributed by atoms with E-state index in [1.54, 1.807) is 0 Å². The molecule has 1 saturated heterocycles. The number of amides is 1. The van der Waals surface area contributed by atoms with Crippen LogP contribution in [-0.4, -0.2) is 42.4 Å². The molecule has 0 aliphatic carbocycles. The third kappa shape index (κ3) is 2.11. The van der Waals surface area contributed by atoms with Crippen LogP contribution in [0.15, 0.2) is 0 Å². The van der Waals surface area contributed by atoms with Gasteiger partial charge in [-0.05, 0) is 19.9 Å². The molecule has 1 aliphatic heterocycles. The molecular formula is C8H15ClN2O. The monoisotopic (exact) mass is 190 g/mol. The fraction of sp³-hybridized carbons (Fsp3) is 0.875.